The lowest BCUT2D eigenvalue weighted by atomic mass is 10.1. The van der Waals surface area contributed by atoms with Crippen LogP contribution in [0.3, 0.4) is 0 Å². The van der Waals surface area contributed by atoms with Crippen molar-refractivity contribution in [2.75, 3.05) is 0 Å². The zero-order valence-electron chi connectivity index (χ0n) is 8.40. The Morgan fingerprint density at radius 2 is 1.93 bits per heavy atom. The highest BCUT2D eigenvalue weighted by molar-refractivity contribution is 5.89. The molecule has 0 rings (SSSR count). The van der Waals surface area contributed by atoms with Crippen molar-refractivity contribution in [3.8, 4) is 0 Å². The monoisotopic (exact) mass is 217 g/mol. The molecule has 7 nitrogen and oxygen atoms in total. The van der Waals surface area contributed by atoms with Gasteiger partial charge in [0.15, 0.2) is 0 Å². The molecule has 7 heteroatoms. The number of aliphatic carboxylic acids is 1. The lowest BCUT2D eigenvalue weighted by Gasteiger charge is -2.15. The summed E-state index contributed by atoms with van der Waals surface area (Å²) in [7, 11) is 0. The predicted molar refractivity (Wildman–Crippen MR) is 51.6 cm³/mol. The van der Waals surface area contributed by atoms with Crippen LogP contribution in [0.2, 0.25) is 0 Å². The Balaban J connectivity index is 4.35. The Bertz CT molecular complexity index is 267. The smallest absolute Gasteiger partial charge is 0.326 e. The van der Waals surface area contributed by atoms with Crippen LogP contribution in [-0.4, -0.2) is 35.0 Å². The summed E-state index contributed by atoms with van der Waals surface area (Å²) in [6.45, 7) is 1.69. The van der Waals surface area contributed by atoms with Gasteiger partial charge >= 0.3 is 5.97 Å². The number of primary amides is 1. The van der Waals surface area contributed by atoms with E-state index in [-0.39, 0.29) is 0 Å². The average Bonchev–Trinajstić information content (AvgIpc) is 2.14. The van der Waals surface area contributed by atoms with Crippen LogP contribution in [0.25, 0.3) is 0 Å². The SMILES string of the molecule is CC[C@@H](N)C(=O)N[C@H](CC(N)=O)C(=O)O. The van der Waals surface area contributed by atoms with Gasteiger partial charge in [0, 0.05) is 0 Å². The summed E-state index contributed by atoms with van der Waals surface area (Å²) >= 11 is 0. The second kappa shape index (κ2) is 5.97. The molecule has 0 saturated heterocycles. The number of carboxylic acids is 1. The molecule has 0 unspecified atom stereocenters. The maximum Gasteiger partial charge on any atom is 0.326 e. The molecule has 0 saturated carbocycles. The van der Waals surface area contributed by atoms with Crippen LogP contribution in [-0.2, 0) is 14.4 Å². The fraction of sp³-hybridized carbons (Fsp3) is 0.625. The van der Waals surface area contributed by atoms with Gasteiger partial charge in [-0.05, 0) is 6.42 Å². The molecule has 0 radical (unpaired) electrons. The molecular weight excluding hydrogens is 202 g/mol. The van der Waals surface area contributed by atoms with E-state index >= 15 is 0 Å². The first-order valence-electron chi connectivity index (χ1n) is 4.45. The van der Waals surface area contributed by atoms with E-state index in [1.165, 1.54) is 0 Å². The van der Waals surface area contributed by atoms with E-state index in [9.17, 15) is 14.4 Å². The summed E-state index contributed by atoms with van der Waals surface area (Å²) in [6.07, 6.45) is -0.0632. The molecule has 0 heterocycles. The van der Waals surface area contributed by atoms with Crippen molar-refractivity contribution < 1.29 is 19.5 Å². The Kier molecular flexibility index (Phi) is 5.32. The van der Waals surface area contributed by atoms with Gasteiger partial charge in [0.1, 0.15) is 6.04 Å². The van der Waals surface area contributed by atoms with Gasteiger partial charge in [0.25, 0.3) is 0 Å². The lowest BCUT2D eigenvalue weighted by Crippen LogP contribution is -2.49. The van der Waals surface area contributed by atoms with E-state index in [2.05, 4.69) is 5.32 Å². The molecule has 2 atom stereocenters. The first kappa shape index (κ1) is 13.4. The maximum atomic E-state index is 11.2. The van der Waals surface area contributed by atoms with Crippen LogP contribution < -0.4 is 16.8 Å². The normalized spacial score (nSPS) is 14.0. The second-order valence-corrected chi connectivity index (χ2v) is 3.08. The Morgan fingerprint density at radius 3 is 2.27 bits per heavy atom. The molecule has 15 heavy (non-hydrogen) atoms. The molecule has 2 amide bonds. The summed E-state index contributed by atoms with van der Waals surface area (Å²) in [5.41, 5.74) is 10.2. The van der Waals surface area contributed by atoms with Crippen molar-refractivity contribution in [1.29, 1.82) is 0 Å². The van der Waals surface area contributed by atoms with Crippen LogP contribution in [0.15, 0.2) is 0 Å². The highest BCUT2D eigenvalue weighted by Crippen LogP contribution is 1.94. The number of amides is 2. The Morgan fingerprint density at radius 1 is 1.40 bits per heavy atom. The minimum absolute atomic E-state index is 0.384. The molecule has 6 N–H and O–H groups in total. The van der Waals surface area contributed by atoms with Crippen LogP contribution in [0, 0.1) is 0 Å². The summed E-state index contributed by atoms with van der Waals surface area (Å²) in [5, 5.41) is 10.8. The molecule has 0 aliphatic rings. The number of nitrogens with two attached hydrogens (primary N) is 2. The third kappa shape index (κ3) is 4.96. The highest BCUT2D eigenvalue weighted by atomic mass is 16.4. The molecule has 0 aromatic carbocycles. The fourth-order valence-corrected chi connectivity index (χ4v) is 0.865. The van der Waals surface area contributed by atoms with Crippen LogP contribution in [0.5, 0.6) is 0 Å². The van der Waals surface area contributed by atoms with Crippen molar-refractivity contribution in [1.82, 2.24) is 5.32 Å². The lowest BCUT2D eigenvalue weighted by molar-refractivity contribution is -0.143. The van der Waals surface area contributed by atoms with Crippen LogP contribution >= 0.6 is 0 Å². The largest absolute Gasteiger partial charge is 0.480 e. The van der Waals surface area contributed by atoms with E-state index in [1.54, 1.807) is 6.92 Å². The van der Waals surface area contributed by atoms with Gasteiger partial charge in [-0.1, -0.05) is 6.92 Å². The van der Waals surface area contributed by atoms with E-state index in [1.807, 2.05) is 0 Å². The number of carboxylic acid groups (broad SMARTS) is 1. The predicted octanol–water partition coefficient (Wildman–Crippen LogP) is -1.83. The Labute approximate surface area is 86.8 Å². The summed E-state index contributed by atoms with van der Waals surface area (Å²) in [4.78, 5) is 32.3. The first-order valence-corrected chi connectivity index (χ1v) is 4.45. The van der Waals surface area contributed by atoms with E-state index in [0.29, 0.717) is 6.42 Å². The van der Waals surface area contributed by atoms with Crippen molar-refractivity contribution in [2.24, 2.45) is 11.5 Å². The van der Waals surface area contributed by atoms with Gasteiger partial charge in [0.2, 0.25) is 11.8 Å². The molecule has 0 aliphatic carbocycles. The highest BCUT2D eigenvalue weighted by Gasteiger charge is 2.23. The van der Waals surface area contributed by atoms with Crippen LogP contribution in [0.4, 0.5) is 0 Å². The molecule has 0 fully saturated rings. The van der Waals surface area contributed by atoms with Gasteiger partial charge in [-0.2, -0.15) is 0 Å². The molecule has 0 aromatic rings. The quantitative estimate of drug-likeness (QED) is 0.415. The summed E-state index contributed by atoms with van der Waals surface area (Å²) in [6, 6.07) is -2.09. The molecule has 0 bridgehead atoms. The minimum Gasteiger partial charge on any atom is -0.480 e. The summed E-state index contributed by atoms with van der Waals surface area (Å²) in [5.74, 6) is -2.72. The first-order chi connectivity index (χ1) is 6.88. The van der Waals surface area contributed by atoms with E-state index in [4.69, 9.17) is 16.6 Å². The molecule has 0 aliphatic heterocycles. The molecule has 0 aromatic heterocycles. The van der Waals surface area contributed by atoms with Gasteiger partial charge < -0.3 is 21.9 Å². The second-order valence-electron chi connectivity index (χ2n) is 3.08. The fourth-order valence-electron chi connectivity index (χ4n) is 0.865. The summed E-state index contributed by atoms with van der Waals surface area (Å²) < 4.78 is 0. The molecule has 0 spiro atoms. The number of carbonyl (C=O) groups excluding carboxylic acids is 2. The van der Waals surface area contributed by atoms with Crippen LogP contribution in [0.1, 0.15) is 19.8 Å². The van der Waals surface area contributed by atoms with Gasteiger partial charge in [0.05, 0.1) is 12.5 Å². The van der Waals surface area contributed by atoms with Crippen molar-refractivity contribution >= 4 is 17.8 Å². The zero-order valence-corrected chi connectivity index (χ0v) is 8.40. The number of hydrogen-bond acceptors (Lipinski definition) is 4. The third-order valence-electron chi connectivity index (χ3n) is 1.80. The zero-order chi connectivity index (χ0) is 12.0. The molecular formula is C8H15N3O4. The number of carbonyl (C=O) groups is 3. The van der Waals surface area contributed by atoms with Crippen molar-refractivity contribution in [2.45, 2.75) is 31.8 Å². The van der Waals surface area contributed by atoms with Crippen molar-refractivity contribution in [3.63, 3.8) is 0 Å². The third-order valence-corrected chi connectivity index (χ3v) is 1.80. The molecule has 86 valence electrons. The van der Waals surface area contributed by atoms with Crippen molar-refractivity contribution in [3.05, 3.63) is 0 Å². The number of rotatable bonds is 6. The Hall–Kier alpha value is -1.63. The van der Waals surface area contributed by atoms with Gasteiger partial charge in [-0.3, -0.25) is 9.59 Å². The van der Waals surface area contributed by atoms with Gasteiger partial charge in [-0.15, -0.1) is 0 Å². The van der Waals surface area contributed by atoms with E-state index < -0.39 is 36.3 Å². The maximum absolute atomic E-state index is 11.2. The number of nitrogens with one attached hydrogen (secondary N) is 1. The average molecular weight is 217 g/mol. The standard InChI is InChI=1S/C8H15N3O4/c1-2-4(9)7(13)11-5(8(14)15)3-6(10)12/h4-5H,2-3,9H2,1H3,(H2,10,12)(H,11,13)(H,14,15)/t4-,5-/m1/s1. The van der Waals surface area contributed by atoms with E-state index in [0.717, 1.165) is 0 Å². The topological polar surface area (TPSA) is 136 Å². The number of hydrogen-bond donors (Lipinski definition) is 4. The van der Waals surface area contributed by atoms with Gasteiger partial charge in [-0.25, -0.2) is 4.79 Å². The minimum atomic E-state index is -1.31.